The summed E-state index contributed by atoms with van der Waals surface area (Å²) in [4.78, 5) is 25.6. The largest absolute Gasteiger partial charge is 0.383 e. The molecular weight excluding hydrogens is 512 g/mol. The van der Waals surface area contributed by atoms with Crippen molar-refractivity contribution < 1.29 is 18.3 Å². The normalized spacial score (nSPS) is 18.9. The standard InChI is InChI=1S/C16H22ClN5O2.C8H6F2.2C2H6/c1-16(2-4-21(5-3-16)10-8-24-9-10)14(23)22-6-11-12(7-22)19-15(17)20-13(11)18;9-8(10)6-3-1-2-5-4-7(5)6;2*1-2/h10H,2-9H2,1H3,(H2,18,19,20);1-3,8H,4H2;2*1-2H3. The van der Waals surface area contributed by atoms with Crippen molar-refractivity contribution in [3.63, 3.8) is 0 Å². The van der Waals surface area contributed by atoms with Gasteiger partial charge in [0.1, 0.15) is 5.82 Å². The molecule has 2 fully saturated rings. The van der Waals surface area contributed by atoms with E-state index in [4.69, 9.17) is 22.1 Å². The summed E-state index contributed by atoms with van der Waals surface area (Å²) in [5.74, 6) is 0.561. The number of alkyl halides is 2. The highest BCUT2D eigenvalue weighted by atomic mass is 35.5. The van der Waals surface area contributed by atoms with Crippen molar-refractivity contribution in [3.8, 4) is 0 Å². The lowest BCUT2D eigenvalue weighted by Gasteiger charge is -2.45. The molecule has 0 spiro atoms. The van der Waals surface area contributed by atoms with Crippen molar-refractivity contribution in [2.45, 2.75) is 79.4 Å². The first-order chi connectivity index (χ1) is 18.2. The lowest BCUT2D eigenvalue weighted by atomic mass is 9.78. The number of nitrogens with zero attached hydrogens (tertiary/aromatic N) is 4. The molecule has 2 N–H and O–H groups in total. The minimum atomic E-state index is -2.29. The van der Waals surface area contributed by atoms with Gasteiger partial charge in [0.2, 0.25) is 11.2 Å². The molecule has 38 heavy (non-hydrogen) atoms. The van der Waals surface area contributed by atoms with Crippen molar-refractivity contribution >= 4 is 23.3 Å². The van der Waals surface area contributed by atoms with Crippen LogP contribution in [0, 0.1) is 5.41 Å². The number of hydrogen-bond donors (Lipinski definition) is 1. The van der Waals surface area contributed by atoms with Crippen LogP contribution in [0.2, 0.25) is 5.28 Å². The Kier molecular flexibility index (Phi) is 10.4. The van der Waals surface area contributed by atoms with Gasteiger partial charge in [-0.2, -0.15) is 0 Å². The molecule has 0 bridgehead atoms. The van der Waals surface area contributed by atoms with Crippen molar-refractivity contribution in [3.05, 3.63) is 51.4 Å². The van der Waals surface area contributed by atoms with E-state index >= 15 is 0 Å². The molecule has 7 nitrogen and oxygen atoms in total. The molecule has 1 amide bonds. The lowest BCUT2D eigenvalue weighted by molar-refractivity contribution is -0.147. The maximum atomic E-state index is 13.1. The van der Waals surface area contributed by atoms with Gasteiger partial charge < -0.3 is 15.4 Å². The number of ether oxygens (including phenoxy) is 1. The van der Waals surface area contributed by atoms with Crippen LogP contribution in [0.3, 0.4) is 0 Å². The molecule has 3 aliphatic heterocycles. The molecule has 4 heterocycles. The molecule has 0 saturated carbocycles. The van der Waals surface area contributed by atoms with Gasteiger partial charge in [-0.1, -0.05) is 52.8 Å². The summed E-state index contributed by atoms with van der Waals surface area (Å²) in [5, 5.41) is 0.141. The van der Waals surface area contributed by atoms with Gasteiger partial charge in [-0.3, -0.25) is 9.69 Å². The fourth-order valence-corrected chi connectivity index (χ4v) is 5.16. The molecule has 0 atom stereocenters. The van der Waals surface area contributed by atoms with Gasteiger partial charge in [0.05, 0.1) is 38.0 Å². The van der Waals surface area contributed by atoms with Crippen LogP contribution in [-0.2, 0) is 29.0 Å². The van der Waals surface area contributed by atoms with Crippen molar-refractivity contribution in [2.75, 3.05) is 32.0 Å². The first kappa shape index (κ1) is 30.2. The first-order valence-corrected chi connectivity index (χ1v) is 13.9. The molecule has 6 rings (SSSR count). The Labute approximate surface area is 229 Å². The second-order valence-electron chi connectivity index (χ2n) is 9.71. The van der Waals surface area contributed by atoms with Crippen LogP contribution in [0.15, 0.2) is 18.2 Å². The topological polar surface area (TPSA) is 84.6 Å². The maximum absolute atomic E-state index is 13.1. The number of nitrogen functional groups attached to an aromatic ring is 1. The molecule has 0 unspecified atom stereocenters. The minimum absolute atomic E-state index is 0.141. The summed E-state index contributed by atoms with van der Waals surface area (Å²) in [5.41, 5.74) is 9.37. The third-order valence-corrected chi connectivity index (χ3v) is 7.58. The second-order valence-corrected chi connectivity index (χ2v) is 10.1. The molecule has 1 aliphatic carbocycles. The summed E-state index contributed by atoms with van der Waals surface area (Å²) in [6.07, 6.45) is 0.221. The number of halogens is 3. The number of aromatic nitrogens is 2. The number of carbonyl (C=O) groups excluding carboxylic acids is 1. The van der Waals surface area contributed by atoms with E-state index in [1.807, 2.05) is 38.7 Å². The van der Waals surface area contributed by atoms with Gasteiger partial charge in [-0.15, -0.1) is 0 Å². The van der Waals surface area contributed by atoms with Crippen LogP contribution in [0.4, 0.5) is 14.6 Å². The van der Waals surface area contributed by atoms with Gasteiger partial charge in [0.15, 0.2) is 0 Å². The first-order valence-electron chi connectivity index (χ1n) is 13.6. The number of anilines is 1. The number of fused-ring (bicyclic) bond motifs is 2. The highest BCUT2D eigenvalue weighted by Crippen LogP contribution is 2.38. The third-order valence-electron chi connectivity index (χ3n) is 7.42. The molecule has 2 aromatic rings. The van der Waals surface area contributed by atoms with Crippen molar-refractivity contribution in [2.24, 2.45) is 5.41 Å². The number of carbonyl (C=O) groups is 1. The van der Waals surface area contributed by atoms with Crippen LogP contribution in [-0.4, -0.2) is 58.0 Å². The molecule has 1 aromatic carbocycles. The number of rotatable bonds is 3. The summed E-state index contributed by atoms with van der Waals surface area (Å²) >= 11 is 5.88. The Morgan fingerprint density at radius 3 is 2.32 bits per heavy atom. The zero-order chi connectivity index (χ0) is 28.0. The van der Waals surface area contributed by atoms with Gasteiger partial charge in [-0.25, -0.2) is 18.7 Å². The molecule has 2 saturated heterocycles. The average molecular weight is 552 g/mol. The number of nitrogens with two attached hydrogens (primary N) is 1. The van der Waals surface area contributed by atoms with E-state index in [0.717, 1.165) is 68.0 Å². The Balaban J connectivity index is 0.000000238. The highest BCUT2D eigenvalue weighted by Gasteiger charge is 2.43. The maximum Gasteiger partial charge on any atom is 0.264 e. The van der Waals surface area contributed by atoms with E-state index in [9.17, 15) is 13.6 Å². The van der Waals surface area contributed by atoms with Gasteiger partial charge in [-0.05, 0) is 55.1 Å². The zero-order valence-electron chi connectivity index (χ0n) is 23.1. The van der Waals surface area contributed by atoms with E-state index in [-0.39, 0.29) is 22.2 Å². The van der Waals surface area contributed by atoms with E-state index in [0.29, 0.717) is 24.9 Å². The average Bonchev–Trinajstić information content (AvgIpc) is 3.57. The summed E-state index contributed by atoms with van der Waals surface area (Å²) in [7, 11) is 0. The van der Waals surface area contributed by atoms with Crippen LogP contribution in [0.1, 0.15) is 81.8 Å². The Hall–Kier alpha value is -2.36. The number of likely N-dealkylation sites (tertiary alicyclic amines) is 1. The van der Waals surface area contributed by atoms with Gasteiger partial charge >= 0.3 is 0 Å². The quantitative estimate of drug-likeness (QED) is 0.424. The number of piperidine rings is 1. The van der Waals surface area contributed by atoms with Crippen LogP contribution in [0.5, 0.6) is 0 Å². The number of hydrogen-bond acceptors (Lipinski definition) is 6. The molecular formula is C28H40ClF2N5O2. The molecule has 10 heteroatoms. The van der Waals surface area contributed by atoms with E-state index in [2.05, 4.69) is 21.8 Å². The van der Waals surface area contributed by atoms with E-state index < -0.39 is 6.43 Å². The molecule has 210 valence electrons. The summed E-state index contributed by atoms with van der Waals surface area (Å²) < 4.78 is 29.4. The number of benzene rings is 1. The third kappa shape index (κ3) is 6.61. The second kappa shape index (κ2) is 13.1. The zero-order valence-corrected chi connectivity index (χ0v) is 23.8. The SMILES string of the molecule is CC.CC.CC1(C(=O)N2Cc3nc(Cl)nc(N)c3C2)CCN(C2COC2)CC1.FC(F)c1cccc2c1C2. The highest BCUT2D eigenvalue weighted by molar-refractivity contribution is 6.28. The lowest BCUT2D eigenvalue weighted by Crippen LogP contribution is -2.55. The Morgan fingerprint density at radius 1 is 1.11 bits per heavy atom. The molecule has 4 aliphatic rings. The summed E-state index contributed by atoms with van der Waals surface area (Å²) in [6.45, 7) is 14.6. The monoisotopic (exact) mass is 551 g/mol. The predicted octanol–water partition coefficient (Wildman–Crippen LogP) is 5.64. The van der Waals surface area contributed by atoms with Crippen LogP contribution < -0.4 is 5.73 Å². The van der Waals surface area contributed by atoms with Gasteiger partial charge in [0.25, 0.3) is 6.43 Å². The van der Waals surface area contributed by atoms with E-state index in [1.54, 1.807) is 6.07 Å². The molecule has 0 radical (unpaired) electrons. The number of amides is 1. The fourth-order valence-electron chi connectivity index (χ4n) is 4.97. The van der Waals surface area contributed by atoms with Crippen molar-refractivity contribution in [1.82, 2.24) is 19.8 Å². The fraction of sp³-hybridized carbons (Fsp3) is 0.607. The van der Waals surface area contributed by atoms with E-state index in [1.165, 1.54) is 6.07 Å². The van der Waals surface area contributed by atoms with Crippen molar-refractivity contribution in [1.29, 1.82) is 0 Å². The Bertz CT molecular complexity index is 1100. The van der Waals surface area contributed by atoms with Crippen LogP contribution in [0.25, 0.3) is 0 Å². The Morgan fingerprint density at radius 2 is 1.76 bits per heavy atom. The smallest absolute Gasteiger partial charge is 0.264 e. The van der Waals surface area contributed by atoms with Gasteiger partial charge in [0, 0.05) is 16.5 Å². The summed E-state index contributed by atoms with van der Waals surface area (Å²) in [6, 6.07) is 5.61. The minimum Gasteiger partial charge on any atom is -0.383 e. The molecule has 1 aromatic heterocycles. The predicted molar refractivity (Wildman–Crippen MR) is 146 cm³/mol. The van der Waals surface area contributed by atoms with Crippen LogP contribution >= 0.6 is 11.6 Å².